The average molecular weight is 638 g/mol. The summed E-state index contributed by atoms with van der Waals surface area (Å²) in [6.45, 7) is 26.5. The van der Waals surface area contributed by atoms with Crippen molar-refractivity contribution in [2.24, 2.45) is 0 Å². The molecule has 8 nitrogen and oxygen atoms in total. The lowest BCUT2D eigenvalue weighted by atomic mass is 9.88. The fourth-order valence-electron chi connectivity index (χ4n) is 6.32. The van der Waals surface area contributed by atoms with Crippen LogP contribution in [0.1, 0.15) is 43.0 Å². The van der Waals surface area contributed by atoms with Crippen LogP contribution in [0.15, 0.2) is 97.6 Å². The monoisotopic (exact) mass is 637 g/mol. The Morgan fingerprint density at radius 3 is 2.33 bits per heavy atom. The lowest BCUT2D eigenvalue weighted by molar-refractivity contribution is 0.486. The van der Waals surface area contributed by atoms with E-state index in [2.05, 4.69) is 73.6 Å². The first kappa shape index (κ1) is 30.9. The Bertz CT molecular complexity index is 2560. The Morgan fingerprint density at radius 2 is 1.61 bits per heavy atom. The predicted octanol–water partition coefficient (Wildman–Crippen LogP) is 10.7. The summed E-state index contributed by atoms with van der Waals surface area (Å²) in [6, 6.07) is 27.0. The lowest BCUT2D eigenvalue weighted by Gasteiger charge is -2.20. The third-order valence-electron chi connectivity index (χ3n) is 8.76. The van der Waals surface area contributed by atoms with Crippen LogP contribution in [0.25, 0.3) is 54.3 Å². The van der Waals surface area contributed by atoms with Crippen molar-refractivity contribution in [1.29, 1.82) is 5.26 Å². The summed E-state index contributed by atoms with van der Waals surface area (Å²) in [5.41, 5.74) is 8.62. The van der Waals surface area contributed by atoms with Crippen molar-refractivity contribution >= 4 is 33.2 Å². The molecule has 8 heteroatoms. The van der Waals surface area contributed by atoms with Crippen molar-refractivity contribution in [3.05, 3.63) is 143 Å². The fourth-order valence-corrected chi connectivity index (χ4v) is 6.32. The van der Waals surface area contributed by atoms with Gasteiger partial charge in [-0.2, -0.15) is 5.26 Å². The van der Waals surface area contributed by atoms with Gasteiger partial charge >= 0.3 is 0 Å². The molecule has 7 aromatic rings. The number of imidazole rings is 1. The lowest BCUT2D eigenvalue weighted by Crippen LogP contribution is -2.12. The molecule has 0 unspecified atom stereocenters. The topological polar surface area (TPSA) is 77.4 Å². The Balaban J connectivity index is 1.38. The van der Waals surface area contributed by atoms with E-state index in [1.54, 1.807) is 36.8 Å². The summed E-state index contributed by atoms with van der Waals surface area (Å²) in [7, 11) is 0. The van der Waals surface area contributed by atoms with Crippen LogP contribution in [-0.4, -0.2) is 19.1 Å². The van der Waals surface area contributed by atoms with E-state index in [1.165, 1.54) is 0 Å². The molecule has 236 valence electrons. The van der Waals surface area contributed by atoms with Gasteiger partial charge in [0.15, 0.2) is 5.69 Å². The van der Waals surface area contributed by atoms with Crippen LogP contribution in [-0.2, 0) is 5.41 Å². The van der Waals surface area contributed by atoms with Crippen LogP contribution < -0.4 is 4.74 Å². The predicted molar refractivity (Wildman–Crippen MR) is 193 cm³/mol. The largest absolute Gasteiger partial charge is 0.470 e. The number of aryl methyl sites for hydroxylation is 2. The van der Waals surface area contributed by atoms with E-state index in [1.807, 2.05) is 51.7 Å². The molecule has 0 aliphatic rings. The van der Waals surface area contributed by atoms with E-state index in [4.69, 9.17) is 22.9 Å². The zero-order chi connectivity index (χ0) is 34.4. The Morgan fingerprint density at radius 1 is 0.837 bits per heavy atom. The number of fused-ring (bicyclic) bond motifs is 3. The van der Waals surface area contributed by atoms with Crippen molar-refractivity contribution in [3.8, 4) is 40.3 Å². The average Bonchev–Trinajstić information content (AvgIpc) is 3.70. The Kier molecular flexibility index (Phi) is 7.47. The van der Waals surface area contributed by atoms with Gasteiger partial charge in [-0.1, -0.05) is 39.0 Å². The van der Waals surface area contributed by atoms with E-state index in [-0.39, 0.29) is 5.41 Å². The maximum atomic E-state index is 9.69. The number of pyridine rings is 1. The molecule has 0 aliphatic carbocycles. The first-order chi connectivity index (χ1) is 23.6. The molecule has 7 rings (SSSR count). The van der Waals surface area contributed by atoms with E-state index in [9.17, 15) is 5.26 Å². The number of hydrogen-bond acceptors (Lipinski definition) is 4. The summed E-state index contributed by atoms with van der Waals surface area (Å²) >= 11 is 0. The van der Waals surface area contributed by atoms with Crippen LogP contribution in [0, 0.1) is 38.3 Å². The van der Waals surface area contributed by atoms with Gasteiger partial charge in [0.25, 0.3) is 0 Å². The molecule has 0 N–H and O–H groups in total. The van der Waals surface area contributed by atoms with Crippen LogP contribution >= 0.6 is 0 Å². The highest BCUT2D eigenvalue weighted by Gasteiger charge is 2.21. The normalized spacial score (nSPS) is 11.3. The summed E-state index contributed by atoms with van der Waals surface area (Å²) in [5.74, 6) is 1.47. The maximum Gasteiger partial charge on any atom is 0.229 e. The molecule has 0 amide bonds. The standard InChI is InChI=1S/C41H31N7O/c1-25-9-8-10-26(2)40(25)47-23-35(46-24-47)28-16-30(43-6)19-31(17-28)49-38-21-37-33(20-34(38)44-7)32-15-27(22-42)11-12-36(32)48(37)39-18-29(13-14-45-39)41(3,4)5/h8-21,23-24H,1-5H3. The molecule has 0 atom stereocenters. The molecule has 0 saturated carbocycles. The summed E-state index contributed by atoms with van der Waals surface area (Å²) in [5, 5.41) is 11.3. The molecule has 0 radical (unpaired) electrons. The smallest absolute Gasteiger partial charge is 0.229 e. The van der Waals surface area contributed by atoms with Gasteiger partial charge < -0.3 is 9.30 Å². The van der Waals surface area contributed by atoms with E-state index < -0.39 is 0 Å². The highest BCUT2D eigenvalue weighted by Crippen LogP contribution is 2.42. The van der Waals surface area contributed by atoms with Crippen molar-refractivity contribution < 1.29 is 4.74 Å². The summed E-state index contributed by atoms with van der Waals surface area (Å²) in [4.78, 5) is 17.0. The molecule has 0 aliphatic heterocycles. The minimum absolute atomic E-state index is 0.101. The molecule has 0 spiro atoms. The second-order valence-corrected chi connectivity index (χ2v) is 13.1. The van der Waals surface area contributed by atoms with Gasteiger partial charge in [-0.3, -0.25) is 4.57 Å². The zero-order valence-electron chi connectivity index (χ0n) is 27.8. The number of ether oxygens (including phenoxy) is 1. The minimum atomic E-state index is -0.101. The quantitative estimate of drug-likeness (QED) is 0.176. The van der Waals surface area contributed by atoms with Gasteiger partial charge in [0.2, 0.25) is 5.69 Å². The van der Waals surface area contributed by atoms with Gasteiger partial charge in [0.05, 0.1) is 53.5 Å². The van der Waals surface area contributed by atoms with Crippen LogP contribution in [0.4, 0.5) is 11.4 Å². The SMILES string of the molecule is [C-]#[N+]c1cc(Oc2cc3c(cc2[N+]#[C-])c2cc(C#N)ccc2n3-c2cc(C(C)(C)C)ccn2)cc(-c2cn(-c3c(C)cccc3C)cn2)c1. The van der Waals surface area contributed by atoms with E-state index in [0.717, 1.165) is 55.6 Å². The molecule has 3 heterocycles. The van der Waals surface area contributed by atoms with Gasteiger partial charge in [0, 0.05) is 17.8 Å². The number of hydrogen-bond donors (Lipinski definition) is 0. The number of para-hydroxylation sites is 1. The van der Waals surface area contributed by atoms with Crippen LogP contribution in [0.2, 0.25) is 0 Å². The number of rotatable bonds is 5. The van der Waals surface area contributed by atoms with Crippen molar-refractivity contribution in [3.63, 3.8) is 0 Å². The Hall–Kier alpha value is -6.69. The Labute approximate surface area is 284 Å². The molecule has 4 aromatic carbocycles. The zero-order valence-corrected chi connectivity index (χ0v) is 27.8. The first-order valence-electron chi connectivity index (χ1n) is 15.8. The van der Waals surface area contributed by atoms with Gasteiger partial charge in [-0.15, -0.1) is 0 Å². The van der Waals surface area contributed by atoms with Crippen molar-refractivity contribution in [2.75, 3.05) is 0 Å². The summed E-state index contributed by atoms with van der Waals surface area (Å²) < 4.78 is 10.5. The molecular formula is C41H31N7O. The highest BCUT2D eigenvalue weighted by molar-refractivity contribution is 6.11. The second-order valence-electron chi connectivity index (χ2n) is 13.1. The second kappa shape index (κ2) is 11.8. The fraction of sp³-hybridized carbons (Fsp3) is 0.146. The molecule has 0 fully saturated rings. The molecule has 0 bridgehead atoms. The van der Waals surface area contributed by atoms with Gasteiger partial charge in [-0.05, 0) is 108 Å². The maximum absolute atomic E-state index is 9.69. The van der Waals surface area contributed by atoms with Gasteiger partial charge in [-0.25, -0.2) is 19.7 Å². The highest BCUT2D eigenvalue weighted by atomic mass is 16.5. The van der Waals surface area contributed by atoms with Crippen LogP contribution in [0.3, 0.4) is 0 Å². The van der Waals surface area contributed by atoms with Crippen molar-refractivity contribution in [2.45, 2.75) is 40.0 Å². The molecule has 0 saturated heterocycles. The number of aromatic nitrogens is 4. The number of nitriles is 1. The molecular weight excluding hydrogens is 606 g/mol. The first-order valence-corrected chi connectivity index (χ1v) is 15.8. The van der Waals surface area contributed by atoms with E-state index >= 15 is 0 Å². The minimum Gasteiger partial charge on any atom is -0.470 e. The number of nitrogens with zero attached hydrogens (tertiary/aromatic N) is 7. The summed E-state index contributed by atoms with van der Waals surface area (Å²) in [6.07, 6.45) is 5.53. The number of benzene rings is 4. The van der Waals surface area contributed by atoms with Crippen LogP contribution in [0.5, 0.6) is 11.5 Å². The van der Waals surface area contributed by atoms with E-state index in [0.29, 0.717) is 34.1 Å². The van der Waals surface area contributed by atoms with Gasteiger partial charge in [0.1, 0.15) is 17.3 Å². The third kappa shape index (κ3) is 5.54. The molecule has 49 heavy (non-hydrogen) atoms. The molecule has 3 aromatic heterocycles. The van der Waals surface area contributed by atoms with Crippen molar-refractivity contribution in [1.82, 2.24) is 19.1 Å². The third-order valence-corrected chi connectivity index (χ3v) is 8.76.